The van der Waals surface area contributed by atoms with Crippen LogP contribution >= 0.6 is 11.8 Å². The molecule has 1 aromatic heterocycles. The van der Waals surface area contributed by atoms with E-state index in [9.17, 15) is 9.59 Å². The summed E-state index contributed by atoms with van der Waals surface area (Å²) in [5, 5.41) is 3.66. The first-order valence-electron chi connectivity index (χ1n) is 7.94. The zero-order valence-corrected chi connectivity index (χ0v) is 15.2. The van der Waals surface area contributed by atoms with Crippen LogP contribution in [0.25, 0.3) is 16.6 Å². The fourth-order valence-corrected chi connectivity index (χ4v) is 3.39. The molecule has 0 aliphatic carbocycles. The second kappa shape index (κ2) is 7.11. The molecule has 0 aliphatic rings. The van der Waals surface area contributed by atoms with Crippen LogP contribution in [0.15, 0.2) is 52.4 Å². The van der Waals surface area contributed by atoms with E-state index >= 15 is 0 Å². The van der Waals surface area contributed by atoms with Crippen molar-refractivity contribution in [2.75, 3.05) is 12.8 Å². The monoisotopic (exact) mass is 353 g/mol. The molecule has 1 N–H and O–H groups in total. The Morgan fingerprint density at radius 3 is 2.64 bits per heavy atom. The van der Waals surface area contributed by atoms with E-state index in [1.807, 2.05) is 50.2 Å². The summed E-state index contributed by atoms with van der Waals surface area (Å²) in [6, 6.07) is 13.1. The Morgan fingerprint density at radius 1 is 1.16 bits per heavy atom. The summed E-state index contributed by atoms with van der Waals surface area (Å²) in [7, 11) is 1.59. The van der Waals surface area contributed by atoms with Crippen LogP contribution < -0.4 is 10.9 Å². The predicted octanol–water partition coefficient (Wildman–Crippen LogP) is 2.84. The number of hydrogen-bond acceptors (Lipinski definition) is 4. The molecule has 0 bridgehead atoms. The average Bonchev–Trinajstić information content (AvgIpc) is 2.62. The van der Waals surface area contributed by atoms with Crippen LogP contribution in [-0.4, -0.2) is 28.3 Å². The standard InChI is InChI=1S/C19H19N3O2S/c1-12-8-9-14(10-13(12)2)22-18(24)15-6-4-5-7-16(15)21-19(22)25-11-17(23)20-3/h4-10H,11H2,1-3H3,(H,20,23). The Labute approximate surface area is 150 Å². The molecule has 3 aromatic rings. The van der Waals surface area contributed by atoms with Gasteiger partial charge in [-0.1, -0.05) is 30.0 Å². The largest absolute Gasteiger partial charge is 0.358 e. The molecule has 3 rings (SSSR count). The first-order chi connectivity index (χ1) is 12.0. The third-order valence-corrected chi connectivity index (χ3v) is 5.04. The van der Waals surface area contributed by atoms with Gasteiger partial charge in [0.25, 0.3) is 5.56 Å². The molecule has 0 saturated heterocycles. The lowest BCUT2D eigenvalue weighted by Crippen LogP contribution is -2.24. The molecule has 0 unspecified atom stereocenters. The van der Waals surface area contributed by atoms with Gasteiger partial charge in [-0.15, -0.1) is 0 Å². The molecule has 0 atom stereocenters. The molecule has 5 nitrogen and oxygen atoms in total. The van der Waals surface area contributed by atoms with Crippen molar-refractivity contribution >= 4 is 28.6 Å². The number of nitrogens with one attached hydrogen (secondary N) is 1. The molecular formula is C19H19N3O2S. The minimum atomic E-state index is -0.131. The molecule has 0 spiro atoms. The Hall–Kier alpha value is -2.60. The third kappa shape index (κ3) is 3.44. The molecule has 25 heavy (non-hydrogen) atoms. The molecule has 1 heterocycles. The minimum Gasteiger partial charge on any atom is -0.358 e. The normalized spacial score (nSPS) is 10.8. The summed E-state index contributed by atoms with van der Waals surface area (Å²) in [5.41, 5.74) is 3.51. The number of benzene rings is 2. The first kappa shape index (κ1) is 17.2. The van der Waals surface area contributed by atoms with E-state index in [4.69, 9.17) is 0 Å². The quantitative estimate of drug-likeness (QED) is 0.579. The predicted molar refractivity (Wildman–Crippen MR) is 102 cm³/mol. The Bertz CT molecular complexity index is 1010. The maximum absolute atomic E-state index is 13.1. The van der Waals surface area contributed by atoms with Crippen LogP contribution in [0.5, 0.6) is 0 Å². The summed E-state index contributed by atoms with van der Waals surface area (Å²) >= 11 is 1.25. The third-order valence-electron chi connectivity index (χ3n) is 4.10. The number of carbonyl (C=O) groups is 1. The number of hydrogen-bond donors (Lipinski definition) is 1. The van der Waals surface area contributed by atoms with E-state index in [0.717, 1.165) is 16.8 Å². The van der Waals surface area contributed by atoms with Gasteiger partial charge >= 0.3 is 0 Å². The smallest absolute Gasteiger partial charge is 0.266 e. The molecule has 128 valence electrons. The van der Waals surface area contributed by atoms with Crippen molar-refractivity contribution in [1.29, 1.82) is 0 Å². The van der Waals surface area contributed by atoms with Crippen molar-refractivity contribution in [3.05, 3.63) is 63.9 Å². The fraction of sp³-hybridized carbons (Fsp3) is 0.211. The summed E-state index contributed by atoms with van der Waals surface area (Å²) in [4.78, 5) is 29.3. The van der Waals surface area contributed by atoms with Gasteiger partial charge in [0.1, 0.15) is 0 Å². The van der Waals surface area contributed by atoms with Crippen LogP contribution in [0.1, 0.15) is 11.1 Å². The molecular weight excluding hydrogens is 334 g/mol. The highest BCUT2D eigenvalue weighted by atomic mass is 32.2. The number of amides is 1. The summed E-state index contributed by atoms with van der Waals surface area (Å²) in [5.74, 6) is 0.0885. The van der Waals surface area contributed by atoms with E-state index in [1.165, 1.54) is 11.8 Å². The highest BCUT2D eigenvalue weighted by Gasteiger charge is 2.14. The van der Waals surface area contributed by atoms with Crippen molar-refractivity contribution in [1.82, 2.24) is 14.9 Å². The average molecular weight is 353 g/mol. The summed E-state index contributed by atoms with van der Waals surface area (Å²) in [6.07, 6.45) is 0. The molecule has 0 aliphatic heterocycles. The SMILES string of the molecule is CNC(=O)CSc1nc2ccccc2c(=O)n1-c1ccc(C)c(C)c1. The van der Waals surface area contributed by atoms with E-state index in [2.05, 4.69) is 10.3 Å². The van der Waals surface area contributed by atoms with Crippen molar-refractivity contribution in [2.45, 2.75) is 19.0 Å². The van der Waals surface area contributed by atoms with E-state index < -0.39 is 0 Å². The molecule has 0 radical (unpaired) electrons. The van der Waals surface area contributed by atoms with Gasteiger partial charge < -0.3 is 5.32 Å². The van der Waals surface area contributed by atoms with Gasteiger partial charge in [0.15, 0.2) is 5.16 Å². The number of rotatable bonds is 4. The zero-order chi connectivity index (χ0) is 18.0. The van der Waals surface area contributed by atoms with Gasteiger partial charge in [0, 0.05) is 7.05 Å². The highest BCUT2D eigenvalue weighted by molar-refractivity contribution is 7.99. The molecule has 2 aromatic carbocycles. The molecule has 1 amide bonds. The maximum Gasteiger partial charge on any atom is 0.266 e. The van der Waals surface area contributed by atoms with Crippen LogP contribution in [-0.2, 0) is 4.79 Å². The number of nitrogens with zero attached hydrogens (tertiary/aromatic N) is 2. The van der Waals surface area contributed by atoms with Crippen LogP contribution in [0.3, 0.4) is 0 Å². The minimum absolute atomic E-state index is 0.112. The number of carbonyl (C=O) groups excluding carboxylic acids is 1. The number of thioether (sulfide) groups is 1. The van der Waals surface area contributed by atoms with E-state index in [-0.39, 0.29) is 17.2 Å². The molecule has 0 fully saturated rings. The maximum atomic E-state index is 13.1. The van der Waals surface area contributed by atoms with Crippen LogP contribution in [0.2, 0.25) is 0 Å². The topological polar surface area (TPSA) is 64.0 Å². The van der Waals surface area contributed by atoms with Gasteiger partial charge in [-0.25, -0.2) is 4.98 Å². The van der Waals surface area contributed by atoms with E-state index in [1.54, 1.807) is 17.7 Å². The lowest BCUT2D eigenvalue weighted by atomic mass is 10.1. The van der Waals surface area contributed by atoms with Crippen LogP contribution in [0, 0.1) is 13.8 Å². The van der Waals surface area contributed by atoms with E-state index in [0.29, 0.717) is 16.1 Å². The Kier molecular flexibility index (Phi) is 4.90. The number of fused-ring (bicyclic) bond motifs is 1. The Morgan fingerprint density at radius 2 is 1.92 bits per heavy atom. The summed E-state index contributed by atoms with van der Waals surface area (Å²) < 4.78 is 1.59. The number of para-hydroxylation sites is 1. The van der Waals surface area contributed by atoms with Crippen LogP contribution in [0.4, 0.5) is 0 Å². The first-order valence-corrected chi connectivity index (χ1v) is 8.92. The van der Waals surface area contributed by atoms with Gasteiger partial charge in [0.05, 0.1) is 22.3 Å². The second-order valence-corrected chi connectivity index (χ2v) is 6.73. The van der Waals surface area contributed by atoms with Gasteiger partial charge in [-0.3, -0.25) is 14.2 Å². The number of aryl methyl sites for hydroxylation is 2. The fourth-order valence-electron chi connectivity index (χ4n) is 2.50. The lowest BCUT2D eigenvalue weighted by molar-refractivity contribution is -0.118. The summed E-state index contributed by atoms with van der Waals surface area (Å²) in [6.45, 7) is 4.04. The van der Waals surface area contributed by atoms with Gasteiger partial charge in [0.2, 0.25) is 5.91 Å². The second-order valence-electron chi connectivity index (χ2n) is 5.78. The highest BCUT2D eigenvalue weighted by Crippen LogP contribution is 2.22. The molecule has 0 saturated carbocycles. The number of aromatic nitrogens is 2. The zero-order valence-electron chi connectivity index (χ0n) is 14.4. The van der Waals surface area contributed by atoms with Crippen molar-refractivity contribution in [3.8, 4) is 5.69 Å². The van der Waals surface area contributed by atoms with Crippen molar-refractivity contribution in [2.24, 2.45) is 0 Å². The Balaban J connectivity index is 2.22. The van der Waals surface area contributed by atoms with Gasteiger partial charge in [-0.2, -0.15) is 0 Å². The lowest BCUT2D eigenvalue weighted by Gasteiger charge is -2.14. The molecule has 6 heteroatoms. The van der Waals surface area contributed by atoms with Crippen molar-refractivity contribution < 1.29 is 4.79 Å². The van der Waals surface area contributed by atoms with Gasteiger partial charge in [-0.05, 0) is 49.2 Å². The van der Waals surface area contributed by atoms with Crippen molar-refractivity contribution in [3.63, 3.8) is 0 Å².